The van der Waals surface area contributed by atoms with Crippen molar-refractivity contribution in [3.05, 3.63) is 0 Å². The maximum absolute atomic E-state index is 12.1. The fourth-order valence-corrected chi connectivity index (χ4v) is 2.18. The van der Waals surface area contributed by atoms with Gasteiger partial charge in [0.1, 0.15) is 6.10 Å². The zero-order valence-corrected chi connectivity index (χ0v) is 13.2. The van der Waals surface area contributed by atoms with E-state index < -0.39 is 18.1 Å². The van der Waals surface area contributed by atoms with Crippen molar-refractivity contribution in [2.24, 2.45) is 0 Å². The number of carbonyl (C=O) groups is 2. The van der Waals surface area contributed by atoms with Gasteiger partial charge in [-0.15, -0.1) is 0 Å². The molecule has 116 valence electrons. The summed E-state index contributed by atoms with van der Waals surface area (Å²) in [7, 11) is 3.01. The normalized spacial score (nSPS) is 13.9. The Kier molecular flexibility index (Phi) is 6.88. The van der Waals surface area contributed by atoms with E-state index in [1.807, 2.05) is 0 Å². The van der Waals surface area contributed by atoms with Crippen molar-refractivity contribution < 1.29 is 14.3 Å². The summed E-state index contributed by atoms with van der Waals surface area (Å²) >= 11 is 0.854. The Bertz CT molecular complexity index is 464. The molecule has 0 aromatic rings. The third-order valence-corrected chi connectivity index (χ3v) is 3.43. The number of amides is 4. The highest BCUT2D eigenvalue weighted by Gasteiger charge is 2.31. The lowest BCUT2D eigenvalue weighted by Gasteiger charge is -2.25. The second-order valence-electron chi connectivity index (χ2n) is 4.70. The molecule has 1 saturated carbocycles. The Balaban J connectivity index is 2.74. The minimum absolute atomic E-state index is 0.106. The van der Waals surface area contributed by atoms with Crippen molar-refractivity contribution in [1.82, 2.24) is 14.5 Å². The summed E-state index contributed by atoms with van der Waals surface area (Å²) in [4.78, 5) is 26.0. The number of imide groups is 1. The lowest BCUT2D eigenvalue weighted by atomic mass is 10.3. The molecule has 4 amide bonds. The van der Waals surface area contributed by atoms with Crippen LogP contribution in [0, 0.1) is 16.6 Å². The van der Waals surface area contributed by atoms with E-state index >= 15 is 0 Å². The summed E-state index contributed by atoms with van der Waals surface area (Å²) in [6.07, 6.45) is 3.64. The molecule has 0 aromatic heterocycles. The molecular formula is C13H20N4O3S. The molecule has 0 spiro atoms. The minimum Gasteiger partial charge on any atom is -0.461 e. The van der Waals surface area contributed by atoms with Gasteiger partial charge in [-0.2, -0.15) is 4.90 Å². The van der Waals surface area contributed by atoms with E-state index in [-0.39, 0.29) is 6.10 Å². The van der Waals surface area contributed by atoms with Crippen LogP contribution in [0.3, 0.4) is 0 Å². The van der Waals surface area contributed by atoms with Gasteiger partial charge in [0.25, 0.3) is 0 Å². The number of urea groups is 2. The van der Waals surface area contributed by atoms with E-state index in [1.165, 1.54) is 19.0 Å². The van der Waals surface area contributed by atoms with Gasteiger partial charge >= 0.3 is 18.1 Å². The van der Waals surface area contributed by atoms with Crippen LogP contribution < -0.4 is 4.72 Å². The number of nitrogens with one attached hydrogen (secondary N) is 2. The van der Waals surface area contributed by atoms with Gasteiger partial charge in [-0.1, -0.05) is 5.92 Å². The van der Waals surface area contributed by atoms with E-state index in [0.29, 0.717) is 4.90 Å². The number of rotatable bonds is 2. The molecule has 8 heteroatoms. The molecule has 1 aliphatic rings. The number of carbonyl (C=O) groups excluding carboxylic acids is 2. The highest BCUT2D eigenvalue weighted by Crippen LogP contribution is 2.21. The Morgan fingerprint density at radius 1 is 1.33 bits per heavy atom. The smallest absolute Gasteiger partial charge is 0.344 e. The number of amidine groups is 1. The monoisotopic (exact) mass is 312 g/mol. The topological polar surface area (TPSA) is 85.7 Å². The maximum atomic E-state index is 12.1. The molecule has 0 unspecified atom stereocenters. The summed E-state index contributed by atoms with van der Waals surface area (Å²) in [6, 6.07) is -1.84. The second kappa shape index (κ2) is 8.42. The molecule has 7 nitrogen and oxygen atoms in total. The van der Waals surface area contributed by atoms with Gasteiger partial charge < -0.3 is 9.64 Å². The summed E-state index contributed by atoms with van der Waals surface area (Å²) in [5, 5.41) is 10.5. The largest absolute Gasteiger partial charge is 0.461 e. The first-order valence-electron chi connectivity index (χ1n) is 6.61. The zero-order chi connectivity index (χ0) is 15.8. The van der Waals surface area contributed by atoms with Crippen LogP contribution in [0.15, 0.2) is 0 Å². The van der Waals surface area contributed by atoms with E-state index in [9.17, 15) is 9.59 Å². The quantitative estimate of drug-likeness (QED) is 0.354. The highest BCUT2D eigenvalue weighted by atomic mass is 32.2. The summed E-state index contributed by atoms with van der Waals surface area (Å²) in [5.41, 5.74) is 0. The van der Waals surface area contributed by atoms with Crippen LogP contribution in [0.25, 0.3) is 0 Å². The van der Waals surface area contributed by atoms with Crippen LogP contribution >= 0.6 is 11.9 Å². The molecule has 0 aromatic carbocycles. The van der Waals surface area contributed by atoms with E-state index in [1.54, 1.807) is 6.92 Å². The van der Waals surface area contributed by atoms with Gasteiger partial charge in [0.15, 0.2) is 0 Å². The lowest BCUT2D eigenvalue weighted by molar-refractivity contribution is 0.146. The first-order valence-corrected chi connectivity index (χ1v) is 7.43. The zero-order valence-electron chi connectivity index (χ0n) is 12.4. The van der Waals surface area contributed by atoms with E-state index in [0.717, 1.165) is 37.6 Å². The number of hydrogen-bond acceptors (Lipinski definition) is 5. The predicted molar refractivity (Wildman–Crippen MR) is 81.6 cm³/mol. The standard InChI is InChI=1S/C13H20N4O3S/c1-4-9-21-15-12(18)17(13(19)16(2)3)11(14)20-10-7-5-6-8-10/h10,14H,5-8H2,1-3H3,(H,15,18). The van der Waals surface area contributed by atoms with Crippen molar-refractivity contribution in [3.8, 4) is 11.2 Å². The first-order chi connectivity index (χ1) is 9.97. The molecule has 0 radical (unpaired) electrons. The second-order valence-corrected chi connectivity index (χ2v) is 5.32. The summed E-state index contributed by atoms with van der Waals surface area (Å²) in [5.74, 6) is 2.60. The van der Waals surface area contributed by atoms with Crippen LogP contribution in [0.5, 0.6) is 0 Å². The first kappa shape index (κ1) is 17.2. The van der Waals surface area contributed by atoms with Crippen molar-refractivity contribution in [3.63, 3.8) is 0 Å². The Labute approximate surface area is 129 Å². The van der Waals surface area contributed by atoms with Crippen LogP contribution in [-0.4, -0.2) is 48.1 Å². The molecule has 1 aliphatic carbocycles. The third kappa shape index (κ3) is 5.19. The van der Waals surface area contributed by atoms with Gasteiger partial charge in [0, 0.05) is 26.0 Å². The lowest BCUT2D eigenvalue weighted by Crippen LogP contribution is -2.50. The molecule has 0 atom stereocenters. The molecule has 1 rings (SSSR count). The van der Waals surface area contributed by atoms with Crippen LogP contribution in [0.1, 0.15) is 32.6 Å². The molecule has 0 aliphatic heterocycles. The number of ether oxygens (including phenoxy) is 1. The van der Waals surface area contributed by atoms with Crippen molar-refractivity contribution >= 4 is 30.0 Å². The van der Waals surface area contributed by atoms with E-state index in [4.69, 9.17) is 10.1 Å². The molecule has 0 saturated heterocycles. The van der Waals surface area contributed by atoms with Gasteiger partial charge in [-0.3, -0.25) is 10.1 Å². The van der Waals surface area contributed by atoms with Crippen LogP contribution in [-0.2, 0) is 4.74 Å². The van der Waals surface area contributed by atoms with Gasteiger partial charge in [-0.25, -0.2) is 9.59 Å². The SMILES string of the molecule is CC#CSNC(=O)N(C(=N)OC1CCCC1)C(=O)N(C)C. The fourth-order valence-electron chi connectivity index (χ4n) is 1.85. The van der Waals surface area contributed by atoms with Crippen molar-refractivity contribution in [1.29, 1.82) is 5.41 Å². The number of hydrogen-bond donors (Lipinski definition) is 2. The molecule has 2 N–H and O–H groups in total. The fraction of sp³-hybridized carbons (Fsp3) is 0.615. The van der Waals surface area contributed by atoms with Crippen LogP contribution in [0.2, 0.25) is 0 Å². The minimum atomic E-state index is -0.746. The van der Waals surface area contributed by atoms with Gasteiger partial charge in [0.05, 0.1) is 0 Å². The highest BCUT2D eigenvalue weighted by molar-refractivity contribution is 8.02. The third-order valence-electron chi connectivity index (χ3n) is 2.85. The predicted octanol–water partition coefficient (Wildman–Crippen LogP) is 2.20. The average molecular weight is 312 g/mol. The Morgan fingerprint density at radius 3 is 2.48 bits per heavy atom. The van der Waals surface area contributed by atoms with Crippen molar-refractivity contribution in [2.75, 3.05) is 14.1 Å². The molecule has 0 bridgehead atoms. The maximum Gasteiger partial charge on any atom is 0.344 e. The molecule has 0 heterocycles. The average Bonchev–Trinajstić information content (AvgIpc) is 2.91. The van der Waals surface area contributed by atoms with Crippen LogP contribution in [0.4, 0.5) is 9.59 Å². The summed E-state index contributed by atoms with van der Waals surface area (Å²) in [6.45, 7) is 1.63. The molecule has 21 heavy (non-hydrogen) atoms. The van der Waals surface area contributed by atoms with E-state index in [2.05, 4.69) is 15.9 Å². The van der Waals surface area contributed by atoms with Crippen molar-refractivity contribution in [2.45, 2.75) is 38.7 Å². The molecular weight excluding hydrogens is 292 g/mol. The number of nitrogens with zero attached hydrogens (tertiary/aromatic N) is 2. The Morgan fingerprint density at radius 2 is 1.95 bits per heavy atom. The summed E-state index contributed by atoms with van der Waals surface area (Å²) < 4.78 is 7.81. The van der Waals surface area contributed by atoms with Gasteiger partial charge in [0.2, 0.25) is 0 Å². The Hall–Kier alpha value is -1.88. The molecule has 1 fully saturated rings. The van der Waals surface area contributed by atoms with Gasteiger partial charge in [-0.05, 0) is 37.9 Å².